The van der Waals surface area contributed by atoms with E-state index in [0.717, 1.165) is 6.92 Å². The topological polar surface area (TPSA) is 9.23 Å². The lowest BCUT2D eigenvalue weighted by atomic mass is 10.5. The molecule has 13 heteroatoms. The van der Waals surface area contributed by atoms with E-state index >= 15 is 0 Å². The zero-order valence-electron chi connectivity index (χ0n) is 9.94. The molecule has 0 amide bonds. The first-order valence-corrected chi connectivity index (χ1v) is 4.49. The van der Waals surface area contributed by atoms with Gasteiger partial charge in [-0.3, -0.25) is 4.74 Å². The van der Waals surface area contributed by atoms with E-state index in [1.165, 1.54) is 0 Å². The Morgan fingerprint density at radius 3 is 1.13 bits per heavy atom. The molecule has 146 valence electrons. The first kappa shape index (κ1) is 33.5. The molecule has 0 saturated heterocycles. The summed E-state index contributed by atoms with van der Waals surface area (Å²) < 4.78 is 131. The van der Waals surface area contributed by atoms with E-state index in [0.29, 0.717) is 0 Å². The molecule has 1 nitrogen and oxygen atoms in total. The lowest BCUT2D eigenvalue weighted by Crippen LogP contribution is -2.24. The second-order valence-electron chi connectivity index (χ2n) is 2.72. The molecule has 0 aromatic heterocycles. The zero-order chi connectivity index (χ0) is 17.9. The number of rotatable bonds is 1. The third kappa shape index (κ3) is 62.9. The smallest absolute Gasteiger partial charge is 0.282 e. The van der Waals surface area contributed by atoms with Crippen molar-refractivity contribution >= 4 is 0 Å². The Hall–Kier alpha value is -1.14. The fourth-order valence-electron chi connectivity index (χ4n) is 0.164. The summed E-state index contributed by atoms with van der Waals surface area (Å²) in [7, 11) is 0. The maximum absolute atomic E-state index is 11.0. The van der Waals surface area contributed by atoms with Crippen molar-refractivity contribution in [3.63, 3.8) is 0 Å². The highest BCUT2D eigenvalue weighted by molar-refractivity contribution is 4.66. The van der Waals surface area contributed by atoms with Crippen molar-refractivity contribution in [3.05, 3.63) is 12.4 Å². The average molecular weight is 380 g/mol. The largest absolute Gasteiger partial charge is 0.522 e. The van der Waals surface area contributed by atoms with E-state index in [9.17, 15) is 52.7 Å². The molecule has 0 spiro atoms. The van der Waals surface area contributed by atoms with E-state index in [2.05, 4.69) is 4.74 Å². The molecule has 0 aliphatic carbocycles. The standard InChI is InChI=1S/C3H2F6O.C3H5F3.C2HF3.2CH4/c4-2(5,6)1-10-3(7,8)9;1-2-3(4,5)6;3-1-2(4)5;;/h1H2;2H2,1H3;1H;2*1H4. The van der Waals surface area contributed by atoms with Gasteiger partial charge in [0.15, 0.2) is 12.9 Å². The maximum Gasteiger partial charge on any atom is 0.522 e. The van der Waals surface area contributed by atoms with Crippen molar-refractivity contribution in [2.24, 2.45) is 0 Å². The Kier molecular flexibility index (Phi) is 21.0. The number of alkyl halides is 9. The number of ether oxygens (including phenoxy) is 1. The van der Waals surface area contributed by atoms with Gasteiger partial charge in [-0.05, 0) is 0 Å². The minimum absolute atomic E-state index is 0. The van der Waals surface area contributed by atoms with E-state index in [1.807, 2.05) is 0 Å². The van der Waals surface area contributed by atoms with Crippen LogP contribution in [-0.4, -0.2) is 25.3 Å². The highest BCUT2D eigenvalue weighted by atomic mass is 19.4. The van der Waals surface area contributed by atoms with Crippen molar-refractivity contribution in [2.45, 2.75) is 46.9 Å². The fraction of sp³-hybridized carbons (Fsp3) is 0.800. The second-order valence-corrected chi connectivity index (χ2v) is 2.72. The monoisotopic (exact) mass is 380 g/mol. The van der Waals surface area contributed by atoms with Gasteiger partial charge >= 0.3 is 18.7 Å². The fourth-order valence-corrected chi connectivity index (χ4v) is 0.164. The summed E-state index contributed by atoms with van der Waals surface area (Å²) in [6.45, 7) is -1.21. The molecule has 0 saturated carbocycles. The lowest BCUT2D eigenvalue weighted by molar-refractivity contribution is -0.352. The van der Waals surface area contributed by atoms with Gasteiger partial charge in [0.05, 0.1) is 0 Å². The van der Waals surface area contributed by atoms with E-state index in [1.54, 1.807) is 0 Å². The number of hydrogen-bond donors (Lipinski definition) is 0. The summed E-state index contributed by atoms with van der Waals surface area (Å²) in [4.78, 5) is 0. The quantitative estimate of drug-likeness (QED) is 0.445. The van der Waals surface area contributed by atoms with Gasteiger partial charge in [0, 0.05) is 6.42 Å². The van der Waals surface area contributed by atoms with Gasteiger partial charge in [-0.1, -0.05) is 21.8 Å². The Balaban J connectivity index is -0.0000000725. The van der Waals surface area contributed by atoms with Crippen LogP contribution >= 0.6 is 0 Å². The summed E-state index contributed by atoms with van der Waals surface area (Å²) in [6.07, 6.45) is -17.9. The third-order valence-electron chi connectivity index (χ3n) is 0.883. The third-order valence-corrected chi connectivity index (χ3v) is 0.883. The van der Waals surface area contributed by atoms with Gasteiger partial charge in [-0.25, -0.2) is 4.39 Å². The normalized spacial score (nSPS) is 10.7. The van der Waals surface area contributed by atoms with E-state index < -0.39 is 44.2 Å². The molecule has 0 N–H and O–H groups in total. The Morgan fingerprint density at radius 2 is 1.09 bits per heavy atom. The molecule has 0 atom stereocenters. The van der Waals surface area contributed by atoms with Crippen LogP contribution in [0, 0.1) is 0 Å². The molecule has 0 fully saturated rings. The molecule has 0 aliphatic heterocycles. The molecule has 0 rings (SSSR count). The first-order chi connectivity index (χ1) is 9.04. The number of hydrogen-bond acceptors (Lipinski definition) is 1. The van der Waals surface area contributed by atoms with Gasteiger partial charge in [0.25, 0.3) is 6.08 Å². The summed E-state index contributed by atoms with van der Waals surface area (Å²) in [5.41, 5.74) is 0. The van der Waals surface area contributed by atoms with Gasteiger partial charge < -0.3 is 0 Å². The van der Waals surface area contributed by atoms with Crippen LogP contribution < -0.4 is 0 Å². The summed E-state index contributed by atoms with van der Waals surface area (Å²) in [6, 6.07) is 0. The van der Waals surface area contributed by atoms with Crippen molar-refractivity contribution in [3.8, 4) is 0 Å². The molecule has 0 aromatic carbocycles. The van der Waals surface area contributed by atoms with Gasteiger partial charge in [-0.2, -0.15) is 35.1 Å². The van der Waals surface area contributed by atoms with E-state index in [4.69, 9.17) is 0 Å². The highest BCUT2D eigenvalue weighted by Gasteiger charge is 2.37. The van der Waals surface area contributed by atoms with Crippen molar-refractivity contribution in [1.29, 1.82) is 0 Å². The van der Waals surface area contributed by atoms with Crippen LogP contribution in [0.15, 0.2) is 12.4 Å². The summed E-state index contributed by atoms with van der Waals surface area (Å²) in [5.74, 6) is 0. The molecule has 0 radical (unpaired) electrons. The Labute approximate surface area is 124 Å². The van der Waals surface area contributed by atoms with Crippen LogP contribution in [0.25, 0.3) is 0 Å². The number of halogens is 12. The zero-order valence-corrected chi connectivity index (χ0v) is 9.94. The Morgan fingerprint density at radius 1 is 0.826 bits per heavy atom. The summed E-state index contributed by atoms with van der Waals surface area (Å²) >= 11 is 0. The van der Waals surface area contributed by atoms with Crippen LogP contribution in [0.2, 0.25) is 0 Å². The minimum atomic E-state index is -5.21. The van der Waals surface area contributed by atoms with Gasteiger partial charge in [0.1, 0.15) is 0 Å². The average Bonchev–Trinajstić information content (AvgIpc) is 2.25. The minimum Gasteiger partial charge on any atom is -0.282 e. The molecule has 0 aromatic rings. The van der Waals surface area contributed by atoms with Gasteiger partial charge in [0.2, 0.25) is 0 Å². The van der Waals surface area contributed by atoms with Crippen LogP contribution in [0.1, 0.15) is 28.2 Å². The Bertz CT molecular complexity index is 257. The predicted octanol–water partition coefficient (Wildman–Crippen LogP) is 7.01. The first-order valence-electron chi connectivity index (χ1n) is 4.49. The molecule has 0 heterocycles. The molecule has 23 heavy (non-hydrogen) atoms. The van der Waals surface area contributed by atoms with E-state index in [-0.39, 0.29) is 14.9 Å². The molecule has 0 unspecified atom stereocenters. The van der Waals surface area contributed by atoms with Crippen LogP contribution in [-0.2, 0) is 4.74 Å². The SMILES string of the molecule is C.C.CCC(F)(F)F.FC(F)(F)COC(F)(F)F.FC=C(F)F. The van der Waals surface area contributed by atoms with Gasteiger partial charge in [-0.15, -0.1) is 13.2 Å². The molecule has 0 bridgehead atoms. The highest BCUT2D eigenvalue weighted by Crippen LogP contribution is 2.22. The second kappa shape index (κ2) is 14.5. The lowest BCUT2D eigenvalue weighted by Gasteiger charge is -2.08. The summed E-state index contributed by atoms with van der Waals surface area (Å²) in [5, 5.41) is 0. The van der Waals surface area contributed by atoms with Crippen LogP contribution in [0.4, 0.5) is 52.7 Å². The molecule has 0 aliphatic rings. The van der Waals surface area contributed by atoms with Crippen molar-refractivity contribution in [1.82, 2.24) is 0 Å². The van der Waals surface area contributed by atoms with Crippen LogP contribution in [0.3, 0.4) is 0 Å². The predicted molar refractivity (Wildman–Crippen MR) is 59.3 cm³/mol. The maximum atomic E-state index is 11.0. The van der Waals surface area contributed by atoms with Crippen LogP contribution in [0.5, 0.6) is 0 Å². The van der Waals surface area contributed by atoms with Crippen molar-refractivity contribution in [2.75, 3.05) is 6.61 Å². The molecular formula is C10H16F12O. The van der Waals surface area contributed by atoms with Crippen molar-refractivity contribution < 1.29 is 57.4 Å². The molecular weight excluding hydrogens is 364 g/mol.